The maximum Gasteiger partial charge on any atom is 0.297 e. The predicted octanol–water partition coefficient (Wildman–Crippen LogP) is 1.69. The van der Waals surface area contributed by atoms with Crippen LogP contribution in [0.1, 0.15) is 26.2 Å². The molecule has 0 spiro atoms. The molecule has 1 aliphatic heterocycles. The van der Waals surface area contributed by atoms with Gasteiger partial charge in [0.15, 0.2) is 6.79 Å². The lowest BCUT2D eigenvalue weighted by Crippen LogP contribution is -2.41. The number of carbonyl (C=O) groups excluding carboxylic acids is 1. The Bertz CT molecular complexity index is 328. The maximum atomic E-state index is 12.2. The average molecular weight is 269 g/mol. The highest BCUT2D eigenvalue weighted by Crippen LogP contribution is 2.07. The number of rotatable bonds is 7. The van der Waals surface area contributed by atoms with Crippen molar-refractivity contribution in [3.8, 4) is 0 Å². The lowest BCUT2D eigenvalue weighted by molar-refractivity contribution is -0.137. The minimum Gasteiger partial charge on any atom is -0.454 e. The quantitative estimate of drug-likeness (QED) is 0.232. The van der Waals surface area contributed by atoms with Gasteiger partial charge in [0.1, 0.15) is 0 Å². The molecule has 1 rings (SSSR count). The first-order chi connectivity index (χ1) is 9.29. The molecule has 19 heavy (non-hydrogen) atoms. The van der Waals surface area contributed by atoms with Gasteiger partial charge in [0.2, 0.25) is 5.76 Å². The van der Waals surface area contributed by atoms with E-state index in [4.69, 9.17) is 14.2 Å². The van der Waals surface area contributed by atoms with Gasteiger partial charge >= 0.3 is 0 Å². The van der Waals surface area contributed by atoms with Gasteiger partial charge in [-0.25, -0.2) is 0 Å². The van der Waals surface area contributed by atoms with E-state index in [0.717, 1.165) is 19.3 Å². The Hall–Kier alpha value is -1.29. The number of morpholine rings is 1. The second-order valence-electron chi connectivity index (χ2n) is 4.28. The molecule has 1 heterocycles. The van der Waals surface area contributed by atoms with Crippen LogP contribution < -0.4 is 0 Å². The van der Waals surface area contributed by atoms with Crippen LogP contribution in [0, 0.1) is 0 Å². The molecule has 5 nitrogen and oxygen atoms in total. The molecule has 5 heteroatoms. The Kier molecular flexibility index (Phi) is 7.98. The molecule has 0 radical (unpaired) electrons. The van der Waals surface area contributed by atoms with Gasteiger partial charge in [0.05, 0.1) is 13.2 Å². The second kappa shape index (κ2) is 9.62. The molecule has 0 unspecified atom stereocenters. The largest absolute Gasteiger partial charge is 0.454 e. The van der Waals surface area contributed by atoms with Crippen LogP contribution in [0.25, 0.3) is 0 Å². The van der Waals surface area contributed by atoms with Crippen molar-refractivity contribution < 1.29 is 19.0 Å². The van der Waals surface area contributed by atoms with Gasteiger partial charge in [-0.05, 0) is 18.9 Å². The van der Waals surface area contributed by atoms with E-state index in [9.17, 15) is 4.79 Å². The molecule has 1 saturated heterocycles. The molecule has 0 saturated carbocycles. The summed E-state index contributed by atoms with van der Waals surface area (Å²) in [5.41, 5.74) is 2.94. The number of hydrogen-bond acceptors (Lipinski definition) is 4. The standard InChI is InChI=1S/C14H23NO4/c1-3-4-5-6-7-13(19-12-17-2)14(16)15-8-10-18-11-9-15/h6H,3-5,8-12H2,1-2H3. The van der Waals surface area contributed by atoms with E-state index < -0.39 is 0 Å². The van der Waals surface area contributed by atoms with Crippen molar-refractivity contribution in [2.24, 2.45) is 0 Å². The van der Waals surface area contributed by atoms with Crippen molar-refractivity contribution in [3.05, 3.63) is 17.6 Å². The number of unbranched alkanes of at least 4 members (excludes halogenated alkanes) is 2. The van der Waals surface area contributed by atoms with Crippen LogP contribution in [0.15, 0.2) is 17.6 Å². The minimum absolute atomic E-state index is 0.0556. The molecule has 0 bridgehead atoms. The highest BCUT2D eigenvalue weighted by molar-refractivity contribution is 5.91. The summed E-state index contributed by atoms with van der Waals surface area (Å²) in [5.74, 6) is 0.0768. The molecule has 0 aromatic rings. The van der Waals surface area contributed by atoms with E-state index in [0.29, 0.717) is 26.3 Å². The fourth-order valence-electron chi connectivity index (χ4n) is 1.66. The Morgan fingerprint density at radius 3 is 2.79 bits per heavy atom. The first-order valence-corrected chi connectivity index (χ1v) is 6.73. The summed E-state index contributed by atoms with van der Waals surface area (Å²) >= 11 is 0. The van der Waals surface area contributed by atoms with Crippen LogP contribution in [0.3, 0.4) is 0 Å². The predicted molar refractivity (Wildman–Crippen MR) is 71.5 cm³/mol. The lowest BCUT2D eigenvalue weighted by atomic mass is 10.2. The summed E-state index contributed by atoms with van der Waals surface area (Å²) in [6.45, 7) is 4.51. The maximum absolute atomic E-state index is 12.2. The summed E-state index contributed by atoms with van der Waals surface area (Å²) < 4.78 is 15.4. The van der Waals surface area contributed by atoms with Crippen LogP contribution >= 0.6 is 0 Å². The monoisotopic (exact) mass is 269 g/mol. The zero-order chi connectivity index (χ0) is 13.9. The summed E-state index contributed by atoms with van der Waals surface area (Å²) in [6, 6.07) is 0. The number of methoxy groups -OCH3 is 1. The molecule has 0 aromatic heterocycles. The lowest BCUT2D eigenvalue weighted by Gasteiger charge is -2.26. The highest BCUT2D eigenvalue weighted by atomic mass is 16.7. The molecule has 1 aliphatic rings. The first-order valence-electron chi connectivity index (χ1n) is 6.73. The van der Waals surface area contributed by atoms with Gasteiger partial charge in [0.25, 0.3) is 5.91 Å². The summed E-state index contributed by atoms with van der Waals surface area (Å²) in [6.07, 6.45) is 4.94. The van der Waals surface area contributed by atoms with E-state index in [1.165, 1.54) is 7.11 Å². The summed E-state index contributed by atoms with van der Waals surface area (Å²) in [4.78, 5) is 14.0. The van der Waals surface area contributed by atoms with Gasteiger partial charge in [0, 0.05) is 20.2 Å². The number of amides is 1. The Balaban J connectivity index is 2.65. The third-order valence-electron chi connectivity index (χ3n) is 2.75. The molecule has 0 N–H and O–H groups in total. The van der Waals surface area contributed by atoms with Crippen molar-refractivity contribution in [3.63, 3.8) is 0 Å². The highest BCUT2D eigenvalue weighted by Gasteiger charge is 2.21. The minimum atomic E-state index is -0.145. The van der Waals surface area contributed by atoms with E-state index >= 15 is 0 Å². The third-order valence-corrected chi connectivity index (χ3v) is 2.75. The van der Waals surface area contributed by atoms with E-state index in [-0.39, 0.29) is 18.5 Å². The van der Waals surface area contributed by atoms with Crippen LogP contribution in [-0.4, -0.2) is 51.0 Å². The first kappa shape index (κ1) is 15.8. The van der Waals surface area contributed by atoms with E-state index in [1.807, 2.05) is 6.08 Å². The second-order valence-corrected chi connectivity index (χ2v) is 4.28. The Labute approximate surface area is 114 Å². The zero-order valence-electron chi connectivity index (χ0n) is 11.8. The Morgan fingerprint density at radius 2 is 2.16 bits per heavy atom. The van der Waals surface area contributed by atoms with Gasteiger partial charge in [-0.1, -0.05) is 19.1 Å². The van der Waals surface area contributed by atoms with Crippen LogP contribution in [-0.2, 0) is 19.0 Å². The topological polar surface area (TPSA) is 48.0 Å². The van der Waals surface area contributed by atoms with Crippen molar-refractivity contribution in [1.29, 1.82) is 0 Å². The fourth-order valence-corrected chi connectivity index (χ4v) is 1.66. The van der Waals surface area contributed by atoms with Crippen molar-refractivity contribution in [1.82, 2.24) is 4.90 Å². The molecular weight excluding hydrogens is 246 g/mol. The van der Waals surface area contributed by atoms with E-state index in [1.54, 1.807) is 4.90 Å². The number of ether oxygens (including phenoxy) is 3. The average Bonchev–Trinajstić information content (AvgIpc) is 2.47. The smallest absolute Gasteiger partial charge is 0.297 e. The fraction of sp³-hybridized carbons (Fsp3) is 0.714. The van der Waals surface area contributed by atoms with Crippen molar-refractivity contribution in [2.45, 2.75) is 26.2 Å². The number of carbonyl (C=O) groups is 1. The van der Waals surface area contributed by atoms with Gasteiger partial charge in [-0.15, -0.1) is 0 Å². The zero-order valence-corrected chi connectivity index (χ0v) is 11.8. The Morgan fingerprint density at radius 1 is 1.42 bits per heavy atom. The molecule has 0 atom stereocenters. The van der Waals surface area contributed by atoms with Crippen molar-refractivity contribution >= 4 is 5.91 Å². The van der Waals surface area contributed by atoms with Crippen molar-refractivity contribution in [2.75, 3.05) is 40.2 Å². The SMILES string of the molecule is CCCCC=C=C(OCOC)C(=O)N1CCOCC1. The molecular formula is C14H23NO4. The molecule has 0 aliphatic carbocycles. The molecule has 0 aromatic carbocycles. The van der Waals surface area contributed by atoms with Gasteiger partial charge < -0.3 is 19.1 Å². The summed E-state index contributed by atoms with van der Waals surface area (Å²) in [5, 5.41) is 0. The summed E-state index contributed by atoms with van der Waals surface area (Å²) in [7, 11) is 1.53. The van der Waals surface area contributed by atoms with Crippen LogP contribution in [0.4, 0.5) is 0 Å². The van der Waals surface area contributed by atoms with E-state index in [2.05, 4.69) is 12.7 Å². The van der Waals surface area contributed by atoms with Gasteiger partial charge in [-0.2, -0.15) is 0 Å². The molecule has 1 fully saturated rings. The van der Waals surface area contributed by atoms with Crippen LogP contribution in [0.5, 0.6) is 0 Å². The third kappa shape index (κ3) is 5.92. The number of nitrogens with zero attached hydrogens (tertiary/aromatic N) is 1. The molecule has 108 valence electrons. The normalized spacial score (nSPS) is 14.7. The van der Waals surface area contributed by atoms with Gasteiger partial charge in [-0.3, -0.25) is 4.79 Å². The molecule has 1 amide bonds. The van der Waals surface area contributed by atoms with Crippen LogP contribution in [0.2, 0.25) is 0 Å². The number of hydrogen-bond donors (Lipinski definition) is 0.